The molecule has 2 aliphatic heterocycles. The number of unbranched alkanes of at least 4 members (excludes halogenated alkanes) is 2. The molecule has 19 heavy (non-hydrogen) atoms. The first-order valence-corrected chi connectivity index (χ1v) is 8.17. The lowest BCUT2D eigenvalue weighted by atomic mass is 9.96. The van der Waals surface area contributed by atoms with Crippen LogP contribution < -0.4 is 0 Å². The van der Waals surface area contributed by atoms with Crippen LogP contribution in [0, 0.1) is 0 Å². The van der Waals surface area contributed by atoms with Crippen LogP contribution in [0.4, 0.5) is 0 Å². The molecule has 0 unspecified atom stereocenters. The number of hydrogen-bond acceptors (Lipinski definition) is 1. The minimum atomic E-state index is 0.704. The molecule has 2 atom stereocenters. The lowest BCUT2D eigenvalue weighted by Gasteiger charge is -2.36. The maximum Gasteiger partial charge on any atom is 0.0284 e. The summed E-state index contributed by atoms with van der Waals surface area (Å²) in [7, 11) is 0. The zero-order chi connectivity index (χ0) is 13.3. The van der Waals surface area contributed by atoms with Crippen molar-refractivity contribution in [2.24, 2.45) is 0 Å². The Morgan fingerprint density at radius 3 is 2.74 bits per heavy atom. The first-order valence-electron chi connectivity index (χ1n) is 8.17. The Morgan fingerprint density at radius 1 is 1.00 bits per heavy atom. The Morgan fingerprint density at radius 2 is 1.84 bits per heavy atom. The Balaban J connectivity index is 1.72. The minimum Gasteiger partial charge on any atom is -0.294 e. The maximum absolute atomic E-state index is 2.73. The summed E-state index contributed by atoms with van der Waals surface area (Å²) in [5, 5.41) is 0. The molecular formula is C18H29N. The Labute approximate surface area is 119 Å². The van der Waals surface area contributed by atoms with E-state index in [-0.39, 0.29) is 0 Å². The van der Waals surface area contributed by atoms with Crippen molar-refractivity contribution in [1.82, 2.24) is 4.90 Å². The maximum atomic E-state index is 2.73. The van der Waals surface area contributed by atoms with E-state index in [9.17, 15) is 0 Å². The monoisotopic (exact) mass is 259 g/mol. The largest absolute Gasteiger partial charge is 0.294 e. The molecule has 0 N–H and O–H groups in total. The van der Waals surface area contributed by atoms with E-state index in [4.69, 9.17) is 0 Å². The number of fused-ring (bicyclic) bond motifs is 1. The molecule has 0 aromatic carbocycles. The summed E-state index contributed by atoms with van der Waals surface area (Å²) < 4.78 is 0. The molecule has 1 heteroatoms. The Hall–Kier alpha value is -0.820. The standard InChI is InChI=1S/C18H29N/c1-2-3-4-5-6-7-8-9-12-17-13-10-14-18-15-11-16-19(17)18/h5-9,12,17-18H,2-4,10-11,13-16H2,1H3/t17-,18-/m1/s1. The number of nitrogens with zero attached hydrogens (tertiary/aromatic N) is 1. The molecule has 0 aliphatic carbocycles. The van der Waals surface area contributed by atoms with Gasteiger partial charge in [-0.25, -0.2) is 0 Å². The number of hydrogen-bond donors (Lipinski definition) is 0. The average molecular weight is 259 g/mol. The van der Waals surface area contributed by atoms with E-state index in [1.54, 1.807) is 0 Å². The molecule has 0 aromatic heterocycles. The van der Waals surface area contributed by atoms with Crippen molar-refractivity contribution in [3.63, 3.8) is 0 Å². The fourth-order valence-corrected chi connectivity index (χ4v) is 3.36. The summed E-state index contributed by atoms with van der Waals surface area (Å²) >= 11 is 0. The summed E-state index contributed by atoms with van der Waals surface area (Å²) in [6, 6.07) is 1.59. The molecule has 0 spiro atoms. The number of allylic oxidation sites excluding steroid dienone is 5. The van der Waals surface area contributed by atoms with Gasteiger partial charge in [0, 0.05) is 12.1 Å². The highest BCUT2D eigenvalue weighted by atomic mass is 15.2. The van der Waals surface area contributed by atoms with Gasteiger partial charge >= 0.3 is 0 Å². The lowest BCUT2D eigenvalue weighted by molar-refractivity contribution is 0.153. The summed E-state index contributed by atoms with van der Waals surface area (Å²) in [6.45, 7) is 3.56. The molecule has 0 bridgehead atoms. The van der Waals surface area contributed by atoms with Crippen LogP contribution in [0.2, 0.25) is 0 Å². The highest BCUT2D eigenvalue weighted by molar-refractivity contribution is 5.13. The molecule has 2 rings (SSSR count). The third-order valence-electron chi connectivity index (χ3n) is 4.41. The summed E-state index contributed by atoms with van der Waals surface area (Å²) in [6.07, 6.45) is 24.3. The Bertz CT molecular complexity index is 327. The third kappa shape index (κ3) is 4.65. The first-order chi connectivity index (χ1) is 9.42. The van der Waals surface area contributed by atoms with Gasteiger partial charge in [-0.1, -0.05) is 62.6 Å². The van der Waals surface area contributed by atoms with Gasteiger partial charge in [0.05, 0.1) is 0 Å². The smallest absolute Gasteiger partial charge is 0.0284 e. The minimum absolute atomic E-state index is 0.704. The molecule has 2 saturated heterocycles. The molecule has 2 fully saturated rings. The lowest BCUT2D eigenvalue weighted by Crippen LogP contribution is -2.41. The summed E-state index contributed by atoms with van der Waals surface area (Å²) in [5.74, 6) is 0. The molecule has 1 nitrogen and oxygen atoms in total. The van der Waals surface area contributed by atoms with E-state index >= 15 is 0 Å². The van der Waals surface area contributed by atoms with E-state index in [2.05, 4.69) is 48.3 Å². The van der Waals surface area contributed by atoms with E-state index in [1.165, 1.54) is 57.9 Å². The van der Waals surface area contributed by atoms with Crippen LogP contribution in [0.3, 0.4) is 0 Å². The zero-order valence-electron chi connectivity index (χ0n) is 12.4. The summed E-state index contributed by atoms with van der Waals surface area (Å²) in [4.78, 5) is 2.73. The summed E-state index contributed by atoms with van der Waals surface area (Å²) in [5.41, 5.74) is 0. The van der Waals surface area contributed by atoms with Gasteiger partial charge in [-0.3, -0.25) is 4.90 Å². The third-order valence-corrected chi connectivity index (χ3v) is 4.41. The normalized spacial score (nSPS) is 28.9. The molecule has 0 radical (unpaired) electrons. The van der Waals surface area contributed by atoms with E-state index in [1.807, 2.05) is 0 Å². The number of piperidine rings is 1. The van der Waals surface area contributed by atoms with Gasteiger partial charge in [0.25, 0.3) is 0 Å². The van der Waals surface area contributed by atoms with Crippen molar-refractivity contribution in [3.8, 4) is 0 Å². The highest BCUT2D eigenvalue weighted by Crippen LogP contribution is 2.31. The first kappa shape index (κ1) is 14.6. The van der Waals surface area contributed by atoms with Crippen molar-refractivity contribution in [1.29, 1.82) is 0 Å². The van der Waals surface area contributed by atoms with Gasteiger partial charge in [-0.15, -0.1) is 0 Å². The van der Waals surface area contributed by atoms with Crippen LogP contribution >= 0.6 is 0 Å². The van der Waals surface area contributed by atoms with Crippen molar-refractivity contribution in [3.05, 3.63) is 36.5 Å². The second-order valence-electron chi connectivity index (χ2n) is 5.87. The molecule has 0 aromatic rings. The van der Waals surface area contributed by atoms with Crippen molar-refractivity contribution >= 4 is 0 Å². The zero-order valence-corrected chi connectivity index (χ0v) is 12.4. The predicted molar refractivity (Wildman–Crippen MR) is 84.3 cm³/mol. The quantitative estimate of drug-likeness (QED) is 0.486. The second-order valence-corrected chi connectivity index (χ2v) is 5.87. The van der Waals surface area contributed by atoms with E-state index < -0.39 is 0 Å². The van der Waals surface area contributed by atoms with Crippen LogP contribution in [0.1, 0.15) is 58.3 Å². The van der Waals surface area contributed by atoms with Gasteiger partial charge in [0.2, 0.25) is 0 Å². The topological polar surface area (TPSA) is 3.24 Å². The van der Waals surface area contributed by atoms with Gasteiger partial charge in [0.1, 0.15) is 0 Å². The van der Waals surface area contributed by atoms with Crippen molar-refractivity contribution < 1.29 is 0 Å². The molecule has 0 amide bonds. The molecule has 106 valence electrons. The van der Waals surface area contributed by atoms with Crippen molar-refractivity contribution in [2.75, 3.05) is 6.54 Å². The predicted octanol–water partition coefficient (Wildman–Crippen LogP) is 4.86. The van der Waals surface area contributed by atoms with Gasteiger partial charge < -0.3 is 0 Å². The SMILES string of the molecule is CCCCC=CC=CC=C[C@@H]1CCC[C@@H]2CCCN21. The van der Waals surface area contributed by atoms with Crippen LogP contribution in [-0.2, 0) is 0 Å². The van der Waals surface area contributed by atoms with Gasteiger partial charge in [0.15, 0.2) is 0 Å². The van der Waals surface area contributed by atoms with Crippen LogP contribution in [-0.4, -0.2) is 23.5 Å². The Kier molecular flexibility index (Phi) is 6.43. The highest BCUT2D eigenvalue weighted by Gasteiger charge is 2.32. The van der Waals surface area contributed by atoms with Crippen molar-refractivity contribution in [2.45, 2.75) is 70.4 Å². The van der Waals surface area contributed by atoms with Crippen LogP contribution in [0.25, 0.3) is 0 Å². The van der Waals surface area contributed by atoms with Crippen LogP contribution in [0.15, 0.2) is 36.5 Å². The fraction of sp³-hybridized carbons (Fsp3) is 0.667. The second kappa shape index (κ2) is 8.37. The average Bonchev–Trinajstić information content (AvgIpc) is 2.91. The number of rotatable bonds is 6. The molecular weight excluding hydrogens is 230 g/mol. The van der Waals surface area contributed by atoms with Gasteiger partial charge in [-0.2, -0.15) is 0 Å². The fourth-order valence-electron chi connectivity index (χ4n) is 3.36. The van der Waals surface area contributed by atoms with E-state index in [0.717, 1.165) is 6.04 Å². The van der Waals surface area contributed by atoms with E-state index in [0.29, 0.717) is 6.04 Å². The molecule has 2 aliphatic rings. The van der Waals surface area contributed by atoms with Crippen LogP contribution in [0.5, 0.6) is 0 Å². The molecule has 2 heterocycles. The molecule has 0 saturated carbocycles. The van der Waals surface area contributed by atoms with Gasteiger partial charge in [-0.05, 0) is 38.6 Å².